The fraction of sp³-hybridized carbons (Fsp3) is 0.857. The van der Waals surface area contributed by atoms with E-state index in [9.17, 15) is 0 Å². The van der Waals surface area contributed by atoms with Crippen molar-refractivity contribution >= 4 is 28.9 Å². The van der Waals surface area contributed by atoms with Gasteiger partial charge in [-0.25, -0.2) is 0 Å². The molecule has 0 aromatic heterocycles. The van der Waals surface area contributed by atoms with Gasteiger partial charge in [0.15, 0.2) is 0 Å². The van der Waals surface area contributed by atoms with Crippen LogP contribution in [0, 0.1) is 0 Å². The van der Waals surface area contributed by atoms with Gasteiger partial charge in [-0.3, -0.25) is 0 Å². The molecule has 0 aromatic rings. The molecule has 0 radical (unpaired) electrons. The average molecular weight is 295 g/mol. The molecule has 0 bridgehead atoms. The first-order chi connectivity index (χ1) is 8.12. The molecule has 0 aliphatic carbocycles. The minimum absolute atomic E-state index is 0.907. The van der Waals surface area contributed by atoms with Crippen LogP contribution in [0.3, 0.4) is 0 Å². The zero-order valence-electron chi connectivity index (χ0n) is 11.5. The lowest BCUT2D eigenvalue weighted by molar-refractivity contribution is 0.577. The number of unbranched alkanes of at least 4 members (excludes halogenated alkanes) is 8. The molecule has 0 atom stereocenters. The standard InChI is InChI=1S/C14H28Cl2Si/c1-3-5-6-7-8-9-10-11-12-13-14-17(15,16)4-2/h13-14H,3-12H2,1-2H3. The minimum atomic E-state index is -2.00. The highest BCUT2D eigenvalue weighted by atomic mass is 35.7. The van der Waals surface area contributed by atoms with Crippen molar-refractivity contribution in [2.24, 2.45) is 0 Å². The van der Waals surface area contributed by atoms with Crippen LogP contribution in [0.15, 0.2) is 11.8 Å². The van der Waals surface area contributed by atoms with Gasteiger partial charge < -0.3 is 0 Å². The molecule has 0 aliphatic heterocycles. The van der Waals surface area contributed by atoms with Crippen LogP contribution < -0.4 is 0 Å². The van der Waals surface area contributed by atoms with Crippen molar-refractivity contribution in [3.8, 4) is 0 Å². The van der Waals surface area contributed by atoms with Gasteiger partial charge in [0, 0.05) is 0 Å². The summed E-state index contributed by atoms with van der Waals surface area (Å²) in [6, 6.07) is 0.907. The molecule has 102 valence electrons. The van der Waals surface area contributed by atoms with Gasteiger partial charge in [0.2, 0.25) is 0 Å². The van der Waals surface area contributed by atoms with E-state index >= 15 is 0 Å². The maximum atomic E-state index is 6.15. The fourth-order valence-corrected chi connectivity index (χ4v) is 3.05. The molecule has 0 amide bonds. The topological polar surface area (TPSA) is 0 Å². The van der Waals surface area contributed by atoms with E-state index in [4.69, 9.17) is 22.2 Å². The highest BCUT2D eigenvalue weighted by Crippen LogP contribution is 2.21. The van der Waals surface area contributed by atoms with E-state index in [2.05, 4.69) is 25.6 Å². The Morgan fingerprint density at radius 2 is 1.35 bits per heavy atom. The maximum Gasteiger partial charge on any atom is 0.273 e. The normalized spacial score (nSPS) is 12.5. The number of hydrogen-bond acceptors (Lipinski definition) is 0. The monoisotopic (exact) mass is 294 g/mol. The summed E-state index contributed by atoms with van der Waals surface area (Å²) in [7, 11) is 0. The number of halogens is 2. The molecular formula is C14H28Cl2Si. The lowest BCUT2D eigenvalue weighted by Crippen LogP contribution is -2.12. The largest absolute Gasteiger partial charge is 0.273 e. The van der Waals surface area contributed by atoms with Crippen LogP contribution in [0.25, 0.3) is 0 Å². The Hall–Kier alpha value is 0.537. The number of hydrogen-bond donors (Lipinski definition) is 0. The molecule has 0 nitrogen and oxygen atoms in total. The lowest BCUT2D eigenvalue weighted by Gasteiger charge is -2.06. The van der Waals surface area contributed by atoms with E-state index in [-0.39, 0.29) is 0 Å². The Balaban J connectivity index is 3.24. The first-order valence-corrected chi connectivity index (χ1v) is 11.5. The number of allylic oxidation sites excluding steroid dienone is 1. The first kappa shape index (κ1) is 17.5. The summed E-state index contributed by atoms with van der Waals surface area (Å²) >= 11 is 12.3. The van der Waals surface area contributed by atoms with Crippen molar-refractivity contribution in [1.82, 2.24) is 0 Å². The summed E-state index contributed by atoms with van der Waals surface area (Å²) in [5.74, 6) is 0. The van der Waals surface area contributed by atoms with E-state index in [1.165, 1.54) is 51.4 Å². The summed E-state index contributed by atoms with van der Waals surface area (Å²) in [6.07, 6.45) is 14.3. The van der Waals surface area contributed by atoms with Crippen molar-refractivity contribution < 1.29 is 0 Å². The van der Waals surface area contributed by atoms with Crippen LogP contribution >= 0.6 is 22.2 Å². The predicted octanol–water partition coefficient (Wildman–Crippen LogP) is 6.55. The van der Waals surface area contributed by atoms with Crippen molar-refractivity contribution in [3.05, 3.63) is 11.8 Å². The molecule has 17 heavy (non-hydrogen) atoms. The zero-order chi connectivity index (χ0) is 13.0. The summed E-state index contributed by atoms with van der Waals surface area (Å²) in [6.45, 7) is 2.32. The van der Waals surface area contributed by atoms with Gasteiger partial charge >= 0.3 is 0 Å². The van der Waals surface area contributed by atoms with Gasteiger partial charge in [0.1, 0.15) is 0 Å². The maximum absolute atomic E-state index is 6.15. The second-order valence-electron chi connectivity index (χ2n) is 4.78. The molecule has 0 saturated heterocycles. The fourth-order valence-electron chi connectivity index (χ4n) is 1.77. The number of rotatable bonds is 11. The molecule has 0 heterocycles. The third kappa shape index (κ3) is 12.8. The molecule has 0 saturated carbocycles. The minimum Gasteiger partial charge on any atom is -0.140 e. The summed E-state index contributed by atoms with van der Waals surface area (Å²) < 4.78 is 0. The van der Waals surface area contributed by atoms with Crippen LogP contribution in [0.4, 0.5) is 0 Å². The van der Waals surface area contributed by atoms with Crippen LogP contribution in [-0.2, 0) is 0 Å². The average Bonchev–Trinajstić information content (AvgIpc) is 2.31. The van der Waals surface area contributed by atoms with Gasteiger partial charge in [0.05, 0.1) is 0 Å². The van der Waals surface area contributed by atoms with Crippen LogP contribution in [0.5, 0.6) is 0 Å². The Bertz CT molecular complexity index is 191. The van der Waals surface area contributed by atoms with Crippen LogP contribution in [-0.4, -0.2) is 6.69 Å². The lowest BCUT2D eigenvalue weighted by atomic mass is 10.1. The zero-order valence-corrected chi connectivity index (χ0v) is 14.0. The summed E-state index contributed by atoms with van der Waals surface area (Å²) in [5, 5.41) is 0. The van der Waals surface area contributed by atoms with E-state index in [0.717, 1.165) is 12.5 Å². The van der Waals surface area contributed by atoms with Crippen LogP contribution in [0.2, 0.25) is 6.04 Å². The highest BCUT2D eigenvalue weighted by Gasteiger charge is 2.20. The third-order valence-electron chi connectivity index (χ3n) is 3.06. The second kappa shape index (κ2) is 11.6. The Kier molecular flexibility index (Phi) is 12.0. The molecule has 0 unspecified atom stereocenters. The predicted molar refractivity (Wildman–Crippen MR) is 84.3 cm³/mol. The Morgan fingerprint density at radius 1 is 0.824 bits per heavy atom. The molecule has 0 spiro atoms. The van der Waals surface area contributed by atoms with Gasteiger partial charge in [0.25, 0.3) is 6.69 Å². The van der Waals surface area contributed by atoms with Crippen molar-refractivity contribution in [2.75, 3.05) is 0 Å². The smallest absolute Gasteiger partial charge is 0.140 e. The van der Waals surface area contributed by atoms with Gasteiger partial charge in [-0.15, -0.1) is 22.2 Å². The van der Waals surface area contributed by atoms with Crippen LogP contribution in [0.1, 0.15) is 71.6 Å². The SMILES string of the molecule is CCCCCCCCCCC=C[Si](Cl)(Cl)CC. The van der Waals surface area contributed by atoms with Gasteiger partial charge in [-0.05, 0) is 18.9 Å². The Morgan fingerprint density at radius 3 is 1.88 bits per heavy atom. The Labute approximate surface area is 118 Å². The molecule has 0 aromatic carbocycles. The molecule has 0 aliphatic rings. The van der Waals surface area contributed by atoms with E-state index in [1.807, 2.05) is 0 Å². The van der Waals surface area contributed by atoms with Crippen molar-refractivity contribution in [1.29, 1.82) is 0 Å². The highest BCUT2D eigenvalue weighted by molar-refractivity contribution is 7.47. The summed E-state index contributed by atoms with van der Waals surface area (Å²) in [5.41, 5.74) is 2.07. The molecule has 0 rings (SSSR count). The van der Waals surface area contributed by atoms with Crippen molar-refractivity contribution in [3.63, 3.8) is 0 Å². The third-order valence-corrected chi connectivity index (χ3v) is 7.08. The molecule has 0 N–H and O–H groups in total. The van der Waals surface area contributed by atoms with Gasteiger partial charge in [-0.2, -0.15) is 0 Å². The van der Waals surface area contributed by atoms with Gasteiger partial charge in [-0.1, -0.05) is 70.6 Å². The molecule has 0 fully saturated rings. The summed E-state index contributed by atoms with van der Waals surface area (Å²) in [4.78, 5) is 0. The van der Waals surface area contributed by atoms with Crippen molar-refractivity contribution in [2.45, 2.75) is 77.7 Å². The first-order valence-electron chi connectivity index (χ1n) is 7.18. The second-order valence-corrected chi connectivity index (χ2v) is 12.0. The quantitative estimate of drug-likeness (QED) is 0.230. The van der Waals surface area contributed by atoms with E-state index < -0.39 is 6.69 Å². The van der Waals surface area contributed by atoms with E-state index in [0.29, 0.717) is 0 Å². The van der Waals surface area contributed by atoms with E-state index in [1.54, 1.807) is 0 Å². The molecular weight excluding hydrogens is 267 g/mol. The molecule has 3 heteroatoms.